The van der Waals surface area contributed by atoms with Crippen LogP contribution in [0.2, 0.25) is 0 Å². The molecule has 0 radical (unpaired) electrons. The Labute approximate surface area is 55.7 Å². The Balaban J connectivity index is 2.07. The zero-order valence-corrected chi connectivity index (χ0v) is 5.60. The molecule has 1 fully saturated rings. The maximum atomic E-state index is 5.34. The topological polar surface area (TPSA) is 9.23 Å². The van der Waals surface area contributed by atoms with Crippen molar-refractivity contribution in [2.45, 2.75) is 19.3 Å². The van der Waals surface area contributed by atoms with Gasteiger partial charge in [-0.15, -0.1) is 0 Å². The summed E-state index contributed by atoms with van der Waals surface area (Å²) in [5.41, 5.74) is 0.556. The van der Waals surface area contributed by atoms with E-state index >= 15 is 0 Å². The van der Waals surface area contributed by atoms with E-state index in [2.05, 4.69) is 12.2 Å². The van der Waals surface area contributed by atoms with E-state index in [4.69, 9.17) is 4.74 Å². The van der Waals surface area contributed by atoms with Crippen LogP contribution in [0.5, 0.6) is 0 Å². The lowest BCUT2D eigenvalue weighted by Crippen LogP contribution is -2.15. The molecule has 1 nitrogen and oxygen atoms in total. The van der Waals surface area contributed by atoms with E-state index in [0.29, 0.717) is 5.41 Å². The highest BCUT2D eigenvalue weighted by Crippen LogP contribution is 2.40. The van der Waals surface area contributed by atoms with Crippen LogP contribution in [0, 0.1) is 5.41 Å². The zero-order valence-electron chi connectivity index (χ0n) is 5.60. The molecule has 0 aromatic rings. The lowest BCUT2D eigenvalue weighted by atomic mass is 9.85. The van der Waals surface area contributed by atoms with E-state index in [0.717, 1.165) is 13.2 Å². The molecule has 1 heteroatoms. The Bertz CT molecular complexity index is 122. The first-order valence-corrected chi connectivity index (χ1v) is 3.64. The van der Waals surface area contributed by atoms with Crippen LogP contribution in [-0.4, -0.2) is 13.2 Å². The lowest BCUT2D eigenvalue weighted by Gasteiger charge is -2.18. The van der Waals surface area contributed by atoms with Gasteiger partial charge in [0, 0.05) is 12.0 Å². The number of hydrogen-bond donors (Lipinski definition) is 0. The molecule has 0 amide bonds. The Hall–Kier alpha value is -0.300. The summed E-state index contributed by atoms with van der Waals surface area (Å²) in [4.78, 5) is 0. The maximum Gasteiger partial charge on any atom is 0.0529 e. The second-order valence-corrected chi connectivity index (χ2v) is 3.18. The summed E-state index contributed by atoms with van der Waals surface area (Å²) in [6.07, 6.45) is 8.36. The second kappa shape index (κ2) is 1.84. The van der Waals surface area contributed by atoms with Crippen LogP contribution in [0.3, 0.4) is 0 Å². The molecule has 1 aliphatic heterocycles. The van der Waals surface area contributed by atoms with Gasteiger partial charge in [-0.25, -0.2) is 0 Å². The molecule has 1 spiro atoms. The van der Waals surface area contributed by atoms with Crippen LogP contribution >= 0.6 is 0 Å². The van der Waals surface area contributed by atoms with Crippen molar-refractivity contribution < 1.29 is 4.74 Å². The monoisotopic (exact) mass is 124 g/mol. The maximum absolute atomic E-state index is 5.34. The fourth-order valence-corrected chi connectivity index (χ4v) is 1.72. The van der Waals surface area contributed by atoms with E-state index in [1.54, 1.807) is 0 Å². The Morgan fingerprint density at radius 3 is 2.56 bits per heavy atom. The van der Waals surface area contributed by atoms with Gasteiger partial charge >= 0.3 is 0 Å². The number of ether oxygens (including phenoxy) is 1. The van der Waals surface area contributed by atoms with Gasteiger partial charge in [0.2, 0.25) is 0 Å². The van der Waals surface area contributed by atoms with E-state index in [1.807, 2.05) is 0 Å². The van der Waals surface area contributed by atoms with Crippen molar-refractivity contribution in [3.05, 3.63) is 12.2 Å². The lowest BCUT2D eigenvalue weighted by molar-refractivity contribution is 0.157. The van der Waals surface area contributed by atoms with Crippen molar-refractivity contribution in [3.63, 3.8) is 0 Å². The molecule has 0 aromatic heterocycles. The largest absolute Gasteiger partial charge is 0.381 e. The number of allylic oxidation sites excluding steroid dienone is 2. The minimum atomic E-state index is 0.556. The van der Waals surface area contributed by atoms with Crippen LogP contribution in [0.4, 0.5) is 0 Å². The highest BCUT2D eigenvalue weighted by atomic mass is 16.5. The molecule has 0 unspecified atom stereocenters. The van der Waals surface area contributed by atoms with Gasteiger partial charge in [-0.05, 0) is 19.3 Å². The molecule has 2 rings (SSSR count). The van der Waals surface area contributed by atoms with Gasteiger partial charge in [0.15, 0.2) is 0 Å². The molecule has 0 aromatic carbocycles. The average molecular weight is 124 g/mol. The van der Waals surface area contributed by atoms with Crippen molar-refractivity contribution in [3.8, 4) is 0 Å². The Kier molecular flexibility index (Phi) is 1.12. The highest BCUT2D eigenvalue weighted by molar-refractivity contribution is 5.04. The summed E-state index contributed by atoms with van der Waals surface area (Å²) in [6, 6.07) is 0. The summed E-state index contributed by atoms with van der Waals surface area (Å²) < 4.78 is 5.34. The summed E-state index contributed by atoms with van der Waals surface area (Å²) in [5.74, 6) is 0. The van der Waals surface area contributed by atoms with E-state index in [-0.39, 0.29) is 0 Å². The molecular formula is C8H12O. The molecule has 0 N–H and O–H groups in total. The SMILES string of the molecule is C1=CCC2(C1)CCOC2. The average Bonchev–Trinajstić information content (AvgIpc) is 2.45. The van der Waals surface area contributed by atoms with Gasteiger partial charge in [0.1, 0.15) is 0 Å². The number of hydrogen-bond acceptors (Lipinski definition) is 1. The molecule has 0 bridgehead atoms. The quantitative estimate of drug-likeness (QED) is 0.447. The molecule has 2 aliphatic rings. The summed E-state index contributed by atoms with van der Waals surface area (Å²) in [6.45, 7) is 1.99. The molecule has 9 heavy (non-hydrogen) atoms. The van der Waals surface area contributed by atoms with Crippen molar-refractivity contribution in [2.75, 3.05) is 13.2 Å². The van der Waals surface area contributed by atoms with Crippen molar-refractivity contribution >= 4 is 0 Å². The first-order valence-electron chi connectivity index (χ1n) is 3.64. The molecule has 1 saturated heterocycles. The zero-order chi connectivity index (χ0) is 6.16. The number of rotatable bonds is 0. The molecular weight excluding hydrogens is 112 g/mol. The third-order valence-corrected chi connectivity index (χ3v) is 2.45. The molecule has 1 heterocycles. The third-order valence-electron chi connectivity index (χ3n) is 2.45. The van der Waals surface area contributed by atoms with Gasteiger partial charge < -0.3 is 4.74 Å². The minimum absolute atomic E-state index is 0.556. The fraction of sp³-hybridized carbons (Fsp3) is 0.750. The molecule has 50 valence electrons. The van der Waals surface area contributed by atoms with E-state index < -0.39 is 0 Å². The third kappa shape index (κ3) is 0.799. The van der Waals surface area contributed by atoms with Crippen LogP contribution in [0.1, 0.15) is 19.3 Å². The summed E-state index contributed by atoms with van der Waals surface area (Å²) >= 11 is 0. The van der Waals surface area contributed by atoms with Crippen molar-refractivity contribution in [2.24, 2.45) is 5.41 Å². The fourth-order valence-electron chi connectivity index (χ4n) is 1.72. The van der Waals surface area contributed by atoms with E-state index in [1.165, 1.54) is 19.3 Å². The molecule has 0 saturated carbocycles. The van der Waals surface area contributed by atoms with Crippen molar-refractivity contribution in [1.82, 2.24) is 0 Å². The molecule has 1 aliphatic carbocycles. The second-order valence-electron chi connectivity index (χ2n) is 3.18. The first-order chi connectivity index (χ1) is 4.41. The normalized spacial score (nSPS) is 30.2. The van der Waals surface area contributed by atoms with Gasteiger partial charge in [-0.3, -0.25) is 0 Å². The Morgan fingerprint density at radius 1 is 1.22 bits per heavy atom. The predicted molar refractivity (Wildman–Crippen MR) is 36.2 cm³/mol. The summed E-state index contributed by atoms with van der Waals surface area (Å²) in [5, 5.41) is 0. The predicted octanol–water partition coefficient (Wildman–Crippen LogP) is 1.74. The standard InChI is InChI=1S/C8H12O/c1-2-4-8(3-1)5-6-9-7-8/h1-2H,3-7H2. The van der Waals surface area contributed by atoms with E-state index in [9.17, 15) is 0 Å². The minimum Gasteiger partial charge on any atom is -0.381 e. The molecule has 0 atom stereocenters. The van der Waals surface area contributed by atoms with Gasteiger partial charge in [0.05, 0.1) is 6.61 Å². The van der Waals surface area contributed by atoms with Crippen LogP contribution in [-0.2, 0) is 4.74 Å². The van der Waals surface area contributed by atoms with Gasteiger partial charge in [-0.1, -0.05) is 12.2 Å². The Morgan fingerprint density at radius 2 is 2.00 bits per heavy atom. The first kappa shape index (κ1) is 5.48. The van der Waals surface area contributed by atoms with Crippen molar-refractivity contribution in [1.29, 1.82) is 0 Å². The highest BCUT2D eigenvalue weighted by Gasteiger charge is 2.34. The summed E-state index contributed by atoms with van der Waals surface area (Å²) in [7, 11) is 0. The van der Waals surface area contributed by atoms with Gasteiger partial charge in [-0.2, -0.15) is 0 Å². The van der Waals surface area contributed by atoms with Crippen LogP contribution < -0.4 is 0 Å². The van der Waals surface area contributed by atoms with Crippen LogP contribution in [0.25, 0.3) is 0 Å². The van der Waals surface area contributed by atoms with Gasteiger partial charge in [0.25, 0.3) is 0 Å². The smallest absolute Gasteiger partial charge is 0.0529 e. The van der Waals surface area contributed by atoms with Crippen LogP contribution in [0.15, 0.2) is 12.2 Å².